The Balaban J connectivity index is 2.04. The maximum atomic E-state index is 12.8. The predicted octanol–water partition coefficient (Wildman–Crippen LogP) is 2.61. The van der Waals surface area contributed by atoms with Crippen molar-refractivity contribution in [2.24, 2.45) is 5.10 Å². The maximum absolute atomic E-state index is 12.8. The van der Waals surface area contributed by atoms with E-state index in [1.165, 1.54) is 32.6 Å². The van der Waals surface area contributed by atoms with E-state index in [0.717, 1.165) is 0 Å². The highest BCUT2D eigenvalue weighted by Gasteiger charge is 2.09. The average Bonchev–Trinajstić information content (AvgIpc) is 2.55. The van der Waals surface area contributed by atoms with Crippen LogP contribution in [0, 0.1) is 5.82 Å². The first kappa shape index (κ1) is 15.5. The van der Waals surface area contributed by atoms with Crippen LogP contribution in [0.25, 0.3) is 0 Å². The molecule has 0 saturated carbocycles. The van der Waals surface area contributed by atoms with E-state index in [1.807, 2.05) is 0 Å². The summed E-state index contributed by atoms with van der Waals surface area (Å²) in [5, 5.41) is 3.83. The first-order chi connectivity index (χ1) is 10.6. The van der Waals surface area contributed by atoms with Crippen LogP contribution in [0.15, 0.2) is 47.6 Å². The Morgan fingerprint density at radius 2 is 1.77 bits per heavy atom. The fraction of sp³-hybridized carbons (Fsp3) is 0.125. The molecule has 2 rings (SSSR count). The molecule has 2 aromatic carbocycles. The summed E-state index contributed by atoms with van der Waals surface area (Å²) in [4.78, 5) is 12.0. The van der Waals surface area contributed by atoms with Gasteiger partial charge in [0.1, 0.15) is 5.82 Å². The van der Waals surface area contributed by atoms with Gasteiger partial charge in [-0.25, -0.2) is 9.82 Å². The normalized spacial score (nSPS) is 10.5. The zero-order valence-corrected chi connectivity index (χ0v) is 12.2. The largest absolute Gasteiger partial charge is 0.493 e. The summed E-state index contributed by atoms with van der Waals surface area (Å²) < 4.78 is 23.0. The standard InChI is InChI=1S/C16H15FN2O3/c1-21-14-8-5-12(9-15(14)22-2)16(20)19-18-10-11-3-6-13(17)7-4-11/h3-10H,1-2H3,(H,19,20)/b18-10-. The number of halogens is 1. The second-order valence-electron chi connectivity index (χ2n) is 4.32. The van der Waals surface area contributed by atoms with Gasteiger partial charge in [0.15, 0.2) is 11.5 Å². The van der Waals surface area contributed by atoms with Crippen LogP contribution in [0.4, 0.5) is 4.39 Å². The number of amides is 1. The van der Waals surface area contributed by atoms with Crippen molar-refractivity contribution in [2.45, 2.75) is 0 Å². The van der Waals surface area contributed by atoms with E-state index >= 15 is 0 Å². The van der Waals surface area contributed by atoms with Gasteiger partial charge in [-0.15, -0.1) is 0 Å². The summed E-state index contributed by atoms with van der Waals surface area (Å²) in [5.41, 5.74) is 3.45. The molecule has 0 heterocycles. The van der Waals surface area contributed by atoms with E-state index in [-0.39, 0.29) is 11.7 Å². The number of nitrogens with zero attached hydrogens (tertiary/aromatic N) is 1. The van der Waals surface area contributed by atoms with Crippen molar-refractivity contribution in [3.8, 4) is 11.5 Å². The Hall–Kier alpha value is -2.89. The second-order valence-corrected chi connectivity index (χ2v) is 4.32. The third-order valence-electron chi connectivity index (χ3n) is 2.90. The lowest BCUT2D eigenvalue weighted by Crippen LogP contribution is -2.17. The molecule has 0 aromatic heterocycles. The van der Waals surface area contributed by atoms with Gasteiger partial charge in [0.2, 0.25) is 0 Å². The van der Waals surface area contributed by atoms with Gasteiger partial charge in [-0.05, 0) is 35.9 Å². The summed E-state index contributed by atoms with van der Waals surface area (Å²) in [5.74, 6) is 0.275. The van der Waals surface area contributed by atoms with Crippen molar-refractivity contribution in [3.63, 3.8) is 0 Å². The molecule has 0 radical (unpaired) electrons. The lowest BCUT2D eigenvalue weighted by molar-refractivity contribution is 0.0954. The van der Waals surface area contributed by atoms with Crippen molar-refractivity contribution < 1.29 is 18.7 Å². The van der Waals surface area contributed by atoms with Crippen LogP contribution >= 0.6 is 0 Å². The molecule has 6 heteroatoms. The monoisotopic (exact) mass is 302 g/mol. The van der Waals surface area contributed by atoms with Gasteiger partial charge in [0.05, 0.1) is 20.4 Å². The van der Waals surface area contributed by atoms with Crippen molar-refractivity contribution in [1.82, 2.24) is 5.43 Å². The molecular weight excluding hydrogens is 287 g/mol. The number of methoxy groups -OCH3 is 2. The van der Waals surface area contributed by atoms with E-state index in [0.29, 0.717) is 22.6 Å². The van der Waals surface area contributed by atoms with E-state index in [2.05, 4.69) is 10.5 Å². The number of hydrogen-bond acceptors (Lipinski definition) is 4. The van der Waals surface area contributed by atoms with Crippen molar-refractivity contribution in [3.05, 3.63) is 59.4 Å². The molecular formula is C16H15FN2O3. The summed E-state index contributed by atoms with van der Waals surface area (Å²) in [6, 6.07) is 10.5. The first-order valence-electron chi connectivity index (χ1n) is 6.45. The van der Waals surface area contributed by atoms with Crippen LogP contribution in [0.2, 0.25) is 0 Å². The molecule has 0 spiro atoms. The number of carbonyl (C=O) groups excluding carboxylic acids is 1. The minimum absolute atomic E-state index is 0.327. The third-order valence-corrected chi connectivity index (χ3v) is 2.90. The lowest BCUT2D eigenvalue weighted by atomic mass is 10.2. The number of hydrazone groups is 1. The second kappa shape index (κ2) is 7.21. The van der Waals surface area contributed by atoms with Crippen molar-refractivity contribution in [1.29, 1.82) is 0 Å². The number of rotatable bonds is 5. The smallest absolute Gasteiger partial charge is 0.271 e. The predicted molar refractivity (Wildman–Crippen MR) is 81.0 cm³/mol. The SMILES string of the molecule is COc1ccc(C(=O)N/N=C\c2ccc(F)cc2)cc1OC. The number of benzene rings is 2. The maximum Gasteiger partial charge on any atom is 0.271 e. The number of hydrogen-bond donors (Lipinski definition) is 1. The van der Waals surface area contributed by atoms with E-state index < -0.39 is 0 Å². The van der Waals surface area contributed by atoms with Crippen molar-refractivity contribution in [2.75, 3.05) is 14.2 Å². The molecule has 0 unspecified atom stereocenters. The highest BCUT2D eigenvalue weighted by molar-refractivity contribution is 5.95. The Kier molecular flexibility index (Phi) is 5.08. The van der Waals surface area contributed by atoms with Gasteiger partial charge in [0.25, 0.3) is 5.91 Å². The molecule has 0 fully saturated rings. The molecule has 0 bridgehead atoms. The lowest BCUT2D eigenvalue weighted by Gasteiger charge is -2.08. The zero-order chi connectivity index (χ0) is 15.9. The van der Waals surface area contributed by atoms with Gasteiger partial charge in [0, 0.05) is 5.56 Å². The molecule has 0 aliphatic carbocycles. The van der Waals surface area contributed by atoms with Gasteiger partial charge in [-0.1, -0.05) is 12.1 Å². The summed E-state index contributed by atoms with van der Waals surface area (Å²) in [6.07, 6.45) is 1.43. The Morgan fingerprint density at radius 3 is 2.41 bits per heavy atom. The van der Waals surface area contributed by atoms with Gasteiger partial charge < -0.3 is 9.47 Å². The fourth-order valence-electron chi connectivity index (χ4n) is 1.76. The van der Waals surface area contributed by atoms with Crippen LogP contribution in [0.1, 0.15) is 15.9 Å². The Bertz CT molecular complexity index is 684. The molecule has 5 nitrogen and oxygen atoms in total. The summed E-state index contributed by atoms with van der Waals surface area (Å²) >= 11 is 0. The van der Waals surface area contributed by atoms with Gasteiger partial charge in [-0.3, -0.25) is 4.79 Å². The number of carbonyl (C=O) groups is 1. The highest BCUT2D eigenvalue weighted by Crippen LogP contribution is 2.27. The highest BCUT2D eigenvalue weighted by atomic mass is 19.1. The van der Waals surface area contributed by atoms with Gasteiger partial charge in [-0.2, -0.15) is 5.10 Å². The van der Waals surface area contributed by atoms with E-state index in [1.54, 1.807) is 30.3 Å². The molecule has 0 aliphatic rings. The van der Waals surface area contributed by atoms with Crippen molar-refractivity contribution >= 4 is 12.1 Å². The Labute approximate surface area is 127 Å². The molecule has 0 saturated heterocycles. The van der Waals surface area contributed by atoms with Crippen LogP contribution < -0.4 is 14.9 Å². The topological polar surface area (TPSA) is 59.9 Å². The first-order valence-corrected chi connectivity index (χ1v) is 6.45. The summed E-state index contributed by atoms with van der Waals surface area (Å²) in [7, 11) is 3.01. The molecule has 114 valence electrons. The molecule has 22 heavy (non-hydrogen) atoms. The molecule has 2 aromatic rings. The summed E-state index contributed by atoms with van der Waals surface area (Å²) in [6.45, 7) is 0. The molecule has 1 amide bonds. The molecule has 0 aliphatic heterocycles. The quantitative estimate of drug-likeness (QED) is 0.682. The average molecular weight is 302 g/mol. The van der Waals surface area contributed by atoms with Crippen LogP contribution in [-0.2, 0) is 0 Å². The fourth-order valence-corrected chi connectivity index (χ4v) is 1.76. The minimum atomic E-state index is -0.390. The minimum Gasteiger partial charge on any atom is -0.493 e. The van der Waals surface area contributed by atoms with Crippen LogP contribution in [0.3, 0.4) is 0 Å². The van der Waals surface area contributed by atoms with Crippen LogP contribution in [0.5, 0.6) is 11.5 Å². The number of ether oxygens (including phenoxy) is 2. The molecule has 1 N–H and O–H groups in total. The third kappa shape index (κ3) is 3.82. The van der Waals surface area contributed by atoms with E-state index in [4.69, 9.17) is 9.47 Å². The van der Waals surface area contributed by atoms with Gasteiger partial charge >= 0.3 is 0 Å². The number of nitrogens with one attached hydrogen (secondary N) is 1. The Morgan fingerprint density at radius 1 is 1.09 bits per heavy atom. The van der Waals surface area contributed by atoms with E-state index in [9.17, 15) is 9.18 Å². The zero-order valence-electron chi connectivity index (χ0n) is 12.2. The molecule has 0 atom stereocenters. The van der Waals surface area contributed by atoms with Crippen LogP contribution in [-0.4, -0.2) is 26.3 Å².